The smallest absolute Gasteiger partial charge is 0.251 e. The van der Waals surface area contributed by atoms with Crippen LogP contribution in [0.15, 0.2) is 36.4 Å². The van der Waals surface area contributed by atoms with Gasteiger partial charge in [0.1, 0.15) is 19.0 Å². The van der Waals surface area contributed by atoms with E-state index in [1.54, 1.807) is 0 Å². The molecule has 6 nitrogen and oxygen atoms in total. The molecule has 0 aliphatic carbocycles. The molecular weight excluding hydrogens is 342 g/mol. The molecule has 2 heterocycles. The number of aromatic amines is 1. The summed E-state index contributed by atoms with van der Waals surface area (Å²) in [6.45, 7) is 5.12. The average Bonchev–Trinajstić information content (AvgIpc) is 3.06. The summed E-state index contributed by atoms with van der Waals surface area (Å²) in [5, 5.41) is 3.16. The number of imidazole rings is 1. The van der Waals surface area contributed by atoms with Crippen molar-refractivity contribution in [2.45, 2.75) is 32.7 Å². The number of amides is 1. The number of aryl methyl sites for hydroxylation is 1. The first-order chi connectivity index (χ1) is 13.1. The van der Waals surface area contributed by atoms with E-state index in [1.165, 1.54) is 0 Å². The summed E-state index contributed by atoms with van der Waals surface area (Å²) in [5.74, 6) is 2.23. The van der Waals surface area contributed by atoms with Crippen molar-refractivity contribution in [2.75, 3.05) is 13.2 Å². The summed E-state index contributed by atoms with van der Waals surface area (Å²) in [4.78, 5) is 20.4. The van der Waals surface area contributed by atoms with Crippen molar-refractivity contribution in [1.82, 2.24) is 15.3 Å². The van der Waals surface area contributed by atoms with Crippen molar-refractivity contribution in [3.05, 3.63) is 53.3 Å². The standard InChI is InChI=1S/C21H23N3O3/c1-3-4-16(14-6-8-19-20(12-14)27-10-9-26-19)24-21(25)15-5-7-17-18(11-15)23-13(2)22-17/h5-8,11-12,16H,3-4,9-10H2,1-2H3,(H,22,23)(H,24,25)/t16-/m0/s1. The molecule has 0 saturated carbocycles. The Kier molecular flexibility index (Phi) is 4.71. The number of carbonyl (C=O) groups is 1. The van der Waals surface area contributed by atoms with Gasteiger partial charge < -0.3 is 19.8 Å². The van der Waals surface area contributed by atoms with Crippen molar-refractivity contribution in [2.24, 2.45) is 0 Å². The van der Waals surface area contributed by atoms with Crippen LogP contribution in [0.3, 0.4) is 0 Å². The summed E-state index contributed by atoms with van der Waals surface area (Å²) in [6, 6.07) is 11.3. The molecule has 6 heteroatoms. The highest BCUT2D eigenvalue weighted by Crippen LogP contribution is 2.33. The van der Waals surface area contributed by atoms with Crippen molar-refractivity contribution in [1.29, 1.82) is 0 Å². The minimum Gasteiger partial charge on any atom is -0.486 e. The molecule has 2 aromatic carbocycles. The lowest BCUT2D eigenvalue weighted by Crippen LogP contribution is -2.28. The number of fused-ring (bicyclic) bond motifs is 2. The fourth-order valence-corrected chi connectivity index (χ4v) is 3.41. The van der Waals surface area contributed by atoms with Crippen LogP contribution in [0.2, 0.25) is 0 Å². The van der Waals surface area contributed by atoms with Gasteiger partial charge >= 0.3 is 0 Å². The number of hydrogen-bond acceptors (Lipinski definition) is 4. The van der Waals surface area contributed by atoms with E-state index >= 15 is 0 Å². The SMILES string of the molecule is CCC[C@H](NC(=O)c1ccc2nc(C)[nH]c2c1)c1ccc2c(c1)OCCO2. The highest BCUT2D eigenvalue weighted by atomic mass is 16.6. The van der Waals surface area contributed by atoms with Crippen LogP contribution in [0.4, 0.5) is 0 Å². The molecule has 0 unspecified atom stereocenters. The lowest BCUT2D eigenvalue weighted by molar-refractivity contribution is 0.0934. The van der Waals surface area contributed by atoms with Crippen LogP contribution in [0.5, 0.6) is 11.5 Å². The molecule has 1 aliphatic heterocycles. The van der Waals surface area contributed by atoms with Crippen molar-refractivity contribution < 1.29 is 14.3 Å². The van der Waals surface area contributed by atoms with Crippen molar-refractivity contribution in [3.8, 4) is 11.5 Å². The Labute approximate surface area is 157 Å². The number of ether oxygens (including phenoxy) is 2. The minimum atomic E-state index is -0.0995. The number of rotatable bonds is 5. The van der Waals surface area contributed by atoms with Gasteiger partial charge in [-0.1, -0.05) is 19.4 Å². The Morgan fingerprint density at radius 2 is 2.00 bits per heavy atom. The summed E-state index contributed by atoms with van der Waals surface area (Å²) in [5.41, 5.74) is 3.37. The van der Waals surface area contributed by atoms with E-state index in [2.05, 4.69) is 22.2 Å². The second kappa shape index (κ2) is 7.31. The number of aromatic nitrogens is 2. The van der Waals surface area contributed by atoms with Gasteiger partial charge in [-0.05, 0) is 49.2 Å². The first kappa shape index (κ1) is 17.4. The summed E-state index contributed by atoms with van der Waals surface area (Å²) in [6.07, 6.45) is 1.80. The van der Waals surface area contributed by atoms with Gasteiger partial charge in [0.05, 0.1) is 17.1 Å². The van der Waals surface area contributed by atoms with Gasteiger partial charge in [0, 0.05) is 5.56 Å². The molecule has 2 N–H and O–H groups in total. The molecule has 0 saturated heterocycles. The van der Waals surface area contributed by atoms with Crippen LogP contribution < -0.4 is 14.8 Å². The van der Waals surface area contributed by atoms with Crippen LogP contribution in [-0.4, -0.2) is 29.1 Å². The van der Waals surface area contributed by atoms with Gasteiger partial charge in [0.15, 0.2) is 11.5 Å². The molecule has 3 aromatic rings. The Morgan fingerprint density at radius 3 is 2.81 bits per heavy atom. The second-order valence-electron chi connectivity index (χ2n) is 6.77. The van der Waals surface area contributed by atoms with E-state index in [0.717, 1.165) is 46.8 Å². The zero-order valence-corrected chi connectivity index (χ0v) is 15.5. The van der Waals surface area contributed by atoms with Crippen LogP contribution in [0.25, 0.3) is 11.0 Å². The van der Waals surface area contributed by atoms with Gasteiger partial charge in [0.25, 0.3) is 5.91 Å². The maximum absolute atomic E-state index is 12.8. The zero-order valence-electron chi connectivity index (χ0n) is 15.5. The highest BCUT2D eigenvalue weighted by molar-refractivity contribution is 5.97. The van der Waals surface area contributed by atoms with Crippen LogP contribution >= 0.6 is 0 Å². The van der Waals surface area contributed by atoms with Crippen LogP contribution in [0.1, 0.15) is 47.6 Å². The van der Waals surface area contributed by atoms with E-state index in [-0.39, 0.29) is 11.9 Å². The maximum atomic E-state index is 12.8. The summed E-state index contributed by atoms with van der Waals surface area (Å²) in [7, 11) is 0. The minimum absolute atomic E-state index is 0.0856. The predicted octanol–water partition coefficient (Wildman–Crippen LogP) is 3.91. The summed E-state index contributed by atoms with van der Waals surface area (Å²) < 4.78 is 11.3. The number of carbonyl (C=O) groups excluding carboxylic acids is 1. The number of hydrogen-bond donors (Lipinski definition) is 2. The van der Waals surface area contributed by atoms with E-state index < -0.39 is 0 Å². The Balaban J connectivity index is 1.57. The molecule has 0 radical (unpaired) electrons. The molecule has 1 aromatic heterocycles. The Bertz CT molecular complexity index is 980. The number of H-pyrrole nitrogens is 1. The average molecular weight is 365 g/mol. The number of nitrogens with zero attached hydrogens (tertiary/aromatic N) is 1. The fraction of sp³-hybridized carbons (Fsp3) is 0.333. The van der Waals surface area contributed by atoms with Crippen LogP contribution in [-0.2, 0) is 0 Å². The molecule has 1 aliphatic rings. The van der Waals surface area contributed by atoms with Gasteiger partial charge in [-0.25, -0.2) is 4.98 Å². The molecule has 1 atom stereocenters. The van der Waals surface area contributed by atoms with Gasteiger partial charge in [-0.2, -0.15) is 0 Å². The maximum Gasteiger partial charge on any atom is 0.251 e. The summed E-state index contributed by atoms with van der Waals surface area (Å²) >= 11 is 0. The molecule has 4 rings (SSSR count). The lowest BCUT2D eigenvalue weighted by Gasteiger charge is -2.23. The monoisotopic (exact) mass is 365 g/mol. The normalized spacial score (nSPS) is 14.1. The quantitative estimate of drug-likeness (QED) is 0.719. The third-order valence-electron chi connectivity index (χ3n) is 4.71. The number of nitrogens with one attached hydrogen (secondary N) is 2. The third kappa shape index (κ3) is 3.60. The molecule has 1 amide bonds. The van der Waals surface area contributed by atoms with Crippen LogP contribution in [0, 0.1) is 6.92 Å². The van der Waals surface area contributed by atoms with E-state index in [4.69, 9.17) is 9.47 Å². The third-order valence-corrected chi connectivity index (χ3v) is 4.71. The number of benzene rings is 2. The first-order valence-electron chi connectivity index (χ1n) is 9.31. The van der Waals surface area contributed by atoms with Crippen molar-refractivity contribution in [3.63, 3.8) is 0 Å². The molecule has 0 bridgehead atoms. The molecular formula is C21H23N3O3. The van der Waals surface area contributed by atoms with Crippen molar-refractivity contribution >= 4 is 16.9 Å². The molecule has 27 heavy (non-hydrogen) atoms. The molecule has 140 valence electrons. The fourth-order valence-electron chi connectivity index (χ4n) is 3.41. The zero-order chi connectivity index (χ0) is 18.8. The van der Waals surface area contributed by atoms with Gasteiger partial charge in [-0.15, -0.1) is 0 Å². The second-order valence-corrected chi connectivity index (χ2v) is 6.77. The Hall–Kier alpha value is -3.02. The van der Waals surface area contributed by atoms with E-state index in [1.807, 2.05) is 43.3 Å². The lowest BCUT2D eigenvalue weighted by atomic mass is 10.0. The molecule has 0 spiro atoms. The highest BCUT2D eigenvalue weighted by Gasteiger charge is 2.19. The Morgan fingerprint density at radius 1 is 1.19 bits per heavy atom. The van der Waals surface area contributed by atoms with Gasteiger partial charge in [0.2, 0.25) is 0 Å². The topological polar surface area (TPSA) is 76.2 Å². The van der Waals surface area contributed by atoms with E-state index in [9.17, 15) is 4.79 Å². The first-order valence-corrected chi connectivity index (χ1v) is 9.31. The van der Waals surface area contributed by atoms with E-state index in [0.29, 0.717) is 18.8 Å². The largest absolute Gasteiger partial charge is 0.486 e. The molecule has 0 fully saturated rings. The predicted molar refractivity (Wildman–Crippen MR) is 103 cm³/mol. The van der Waals surface area contributed by atoms with Gasteiger partial charge in [-0.3, -0.25) is 4.79 Å².